The van der Waals surface area contributed by atoms with Crippen LogP contribution >= 0.6 is 0 Å². The van der Waals surface area contributed by atoms with Gasteiger partial charge in [-0.1, -0.05) is 13.8 Å². The molecule has 0 aliphatic heterocycles. The summed E-state index contributed by atoms with van der Waals surface area (Å²) in [5.74, 6) is -0.0738. The highest BCUT2D eigenvalue weighted by molar-refractivity contribution is 5.94. The van der Waals surface area contributed by atoms with E-state index in [-0.39, 0.29) is 23.5 Å². The van der Waals surface area contributed by atoms with Crippen molar-refractivity contribution in [1.29, 1.82) is 0 Å². The third kappa shape index (κ3) is 2.59. The van der Waals surface area contributed by atoms with Crippen LogP contribution in [0.2, 0.25) is 0 Å². The Morgan fingerprint density at radius 1 is 1.32 bits per heavy atom. The summed E-state index contributed by atoms with van der Waals surface area (Å²) in [6, 6.07) is 7.55. The number of rotatable bonds is 3. The molecule has 2 N–H and O–H groups in total. The Hall–Kier alpha value is -1.55. The van der Waals surface area contributed by atoms with E-state index >= 15 is 0 Å². The van der Waals surface area contributed by atoms with E-state index in [9.17, 15) is 9.90 Å². The Bertz CT molecular complexity index is 466. The van der Waals surface area contributed by atoms with Crippen LogP contribution in [0, 0.1) is 5.41 Å². The van der Waals surface area contributed by atoms with Crippen molar-refractivity contribution in [3.05, 3.63) is 29.8 Å². The second-order valence-corrected chi connectivity index (χ2v) is 6.04. The van der Waals surface area contributed by atoms with Gasteiger partial charge in [0, 0.05) is 36.8 Å². The van der Waals surface area contributed by atoms with Crippen molar-refractivity contribution in [1.82, 2.24) is 5.32 Å². The topological polar surface area (TPSA) is 52.6 Å². The van der Waals surface area contributed by atoms with E-state index in [1.165, 1.54) is 0 Å². The number of aliphatic hydroxyl groups is 1. The molecule has 4 heteroatoms. The molecule has 0 radical (unpaired) electrons. The fourth-order valence-corrected chi connectivity index (χ4v) is 2.30. The predicted molar refractivity (Wildman–Crippen MR) is 76.4 cm³/mol. The highest BCUT2D eigenvalue weighted by Gasteiger charge is 2.47. The second kappa shape index (κ2) is 4.85. The summed E-state index contributed by atoms with van der Waals surface area (Å²) in [6.45, 7) is 3.95. The molecule has 19 heavy (non-hydrogen) atoms. The van der Waals surface area contributed by atoms with Gasteiger partial charge in [-0.05, 0) is 30.7 Å². The van der Waals surface area contributed by atoms with E-state index in [0.29, 0.717) is 12.0 Å². The molecule has 1 fully saturated rings. The van der Waals surface area contributed by atoms with E-state index < -0.39 is 0 Å². The number of amides is 1. The number of anilines is 1. The number of hydrogen-bond acceptors (Lipinski definition) is 3. The molecule has 1 aliphatic rings. The molecule has 104 valence electrons. The number of nitrogens with zero attached hydrogens (tertiary/aromatic N) is 1. The van der Waals surface area contributed by atoms with Gasteiger partial charge in [-0.25, -0.2) is 0 Å². The van der Waals surface area contributed by atoms with Crippen LogP contribution in [-0.4, -0.2) is 37.3 Å². The van der Waals surface area contributed by atoms with Crippen LogP contribution < -0.4 is 10.2 Å². The summed E-state index contributed by atoms with van der Waals surface area (Å²) in [5, 5.41) is 12.7. The van der Waals surface area contributed by atoms with Crippen LogP contribution in [0.4, 0.5) is 5.69 Å². The van der Waals surface area contributed by atoms with E-state index in [4.69, 9.17) is 0 Å². The minimum Gasteiger partial charge on any atom is -0.392 e. The summed E-state index contributed by atoms with van der Waals surface area (Å²) < 4.78 is 0. The lowest BCUT2D eigenvalue weighted by Crippen LogP contribution is -2.61. The Balaban J connectivity index is 2.01. The van der Waals surface area contributed by atoms with Gasteiger partial charge in [-0.3, -0.25) is 4.79 Å². The van der Waals surface area contributed by atoms with E-state index in [2.05, 4.69) is 5.32 Å². The van der Waals surface area contributed by atoms with Crippen molar-refractivity contribution >= 4 is 11.6 Å². The molecule has 2 atom stereocenters. The first-order chi connectivity index (χ1) is 8.82. The lowest BCUT2D eigenvalue weighted by Gasteiger charge is -2.49. The monoisotopic (exact) mass is 262 g/mol. The quantitative estimate of drug-likeness (QED) is 0.870. The number of hydrogen-bond donors (Lipinski definition) is 2. The number of benzene rings is 1. The zero-order chi connectivity index (χ0) is 14.2. The van der Waals surface area contributed by atoms with Gasteiger partial charge in [0.05, 0.1) is 6.10 Å². The second-order valence-electron chi connectivity index (χ2n) is 6.04. The summed E-state index contributed by atoms with van der Waals surface area (Å²) in [7, 11) is 3.93. The van der Waals surface area contributed by atoms with E-state index in [1.807, 2.05) is 57.1 Å². The third-order valence-electron chi connectivity index (χ3n) is 4.17. The molecule has 0 saturated heterocycles. The maximum atomic E-state index is 12.1. The molecule has 0 aromatic heterocycles. The number of carbonyl (C=O) groups is 1. The van der Waals surface area contributed by atoms with Gasteiger partial charge in [0.2, 0.25) is 0 Å². The largest absolute Gasteiger partial charge is 0.392 e. The molecule has 1 aromatic carbocycles. The fourth-order valence-electron chi connectivity index (χ4n) is 2.30. The maximum Gasteiger partial charge on any atom is 0.251 e. The Morgan fingerprint density at radius 3 is 2.32 bits per heavy atom. The first kappa shape index (κ1) is 13.9. The van der Waals surface area contributed by atoms with Crippen molar-refractivity contribution in [2.24, 2.45) is 5.41 Å². The molecule has 1 aromatic rings. The van der Waals surface area contributed by atoms with Crippen LogP contribution in [-0.2, 0) is 0 Å². The predicted octanol–water partition coefficient (Wildman–Crippen LogP) is 1.64. The summed E-state index contributed by atoms with van der Waals surface area (Å²) in [6.07, 6.45) is 0.308. The summed E-state index contributed by atoms with van der Waals surface area (Å²) in [5.41, 5.74) is 1.48. The van der Waals surface area contributed by atoms with Gasteiger partial charge in [-0.2, -0.15) is 0 Å². The molecule has 4 nitrogen and oxygen atoms in total. The van der Waals surface area contributed by atoms with Crippen molar-refractivity contribution in [3.63, 3.8) is 0 Å². The fraction of sp³-hybridized carbons (Fsp3) is 0.533. The average Bonchev–Trinajstić information content (AvgIpc) is 2.38. The van der Waals surface area contributed by atoms with Gasteiger partial charge < -0.3 is 15.3 Å². The minimum absolute atomic E-state index is 0.0449. The van der Waals surface area contributed by atoms with Crippen LogP contribution in [0.15, 0.2) is 24.3 Å². The van der Waals surface area contributed by atoms with Crippen LogP contribution in [0.25, 0.3) is 0 Å². The lowest BCUT2D eigenvalue weighted by molar-refractivity contribution is -0.0689. The van der Waals surface area contributed by atoms with E-state index in [1.54, 1.807) is 0 Å². The van der Waals surface area contributed by atoms with Crippen molar-refractivity contribution < 1.29 is 9.90 Å². The number of carbonyl (C=O) groups excluding carboxylic acids is 1. The van der Waals surface area contributed by atoms with Crippen molar-refractivity contribution in [3.8, 4) is 0 Å². The third-order valence-corrected chi connectivity index (χ3v) is 4.17. The molecule has 0 bridgehead atoms. The molecule has 2 unspecified atom stereocenters. The molecular weight excluding hydrogens is 240 g/mol. The van der Waals surface area contributed by atoms with Gasteiger partial charge in [-0.15, -0.1) is 0 Å². The highest BCUT2D eigenvalue weighted by Crippen LogP contribution is 2.40. The molecular formula is C15H22N2O2. The minimum atomic E-state index is -0.325. The van der Waals surface area contributed by atoms with Crippen molar-refractivity contribution in [2.75, 3.05) is 19.0 Å². The number of aliphatic hydroxyl groups excluding tert-OH is 1. The average molecular weight is 262 g/mol. The van der Waals surface area contributed by atoms with E-state index in [0.717, 1.165) is 5.69 Å². The normalized spacial score (nSPS) is 24.5. The van der Waals surface area contributed by atoms with Crippen LogP contribution in [0.1, 0.15) is 30.6 Å². The Labute approximate surface area is 114 Å². The van der Waals surface area contributed by atoms with Gasteiger partial charge in [0.15, 0.2) is 0 Å². The lowest BCUT2D eigenvalue weighted by atomic mass is 9.64. The summed E-state index contributed by atoms with van der Waals surface area (Å²) in [4.78, 5) is 14.1. The first-order valence-corrected chi connectivity index (χ1v) is 6.58. The van der Waals surface area contributed by atoms with Gasteiger partial charge >= 0.3 is 0 Å². The zero-order valence-electron chi connectivity index (χ0n) is 12.0. The molecule has 0 spiro atoms. The molecule has 1 aliphatic carbocycles. The Morgan fingerprint density at radius 2 is 1.89 bits per heavy atom. The maximum absolute atomic E-state index is 12.1. The first-order valence-electron chi connectivity index (χ1n) is 6.58. The summed E-state index contributed by atoms with van der Waals surface area (Å²) >= 11 is 0. The standard InChI is InChI=1S/C15H22N2O2/c1-15(2)12(9-13(15)18)16-14(19)10-5-7-11(8-6-10)17(3)4/h5-8,12-13,18H,9H2,1-4H3,(H,16,19). The van der Waals surface area contributed by atoms with Crippen LogP contribution in [0.5, 0.6) is 0 Å². The van der Waals surface area contributed by atoms with Crippen molar-refractivity contribution in [2.45, 2.75) is 32.4 Å². The molecule has 1 amide bonds. The van der Waals surface area contributed by atoms with Crippen LogP contribution in [0.3, 0.4) is 0 Å². The SMILES string of the molecule is CN(C)c1ccc(C(=O)NC2CC(O)C2(C)C)cc1. The van der Waals surface area contributed by atoms with Gasteiger partial charge in [0.25, 0.3) is 5.91 Å². The Kier molecular flexibility index (Phi) is 3.54. The molecule has 1 saturated carbocycles. The zero-order valence-corrected chi connectivity index (χ0v) is 12.0. The van der Waals surface area contributed by atoms with Gasteiger partial charge in [0.1, 0.15) is 0 Å². The smallest absolute Gasteiger partial charge is 0.251 e. The number of nitrogens with one attached hydrogen (secondary N) is 1. The molecule has 0 heterocycles. The molecule has 2 rings (SSSR count). The highest BCUT2D eigenvalue weighted by atomic mass is 16.3.